The zero-order valence-electron chi connectivity index (χ0n) is 8.38. The molecule has 0 aliphatic rings. The second kappa shape index (κ2) is 4.82. The van der Waals surface area contributed by atoms with Crippen molar-refractivity contribution in [3.05, 3.63) is 24.3 Å². The molecule has 1 heterocycles. The molecule has 0 spiro atoms. The summed E-state index contributed by atoms with van der Waals surface area (Å²) in [6.45, 7) is 0.914. The van der Waals surface area contributed by atoms with Crippen LogP contribution in [0.4, 0.5) is 0 Å². The molecule has 0 aliphatic carbocycles. The van der Waals surface area contributed by atoms with Crippen LogP contribution in [0.2, 0.25) is 0 Å². The lowest BCUT2D eigenvalue weighted by molar-refractivity contribution is 0.329. The molecule has 2 N–H and O–H groups in total. The van der Waals surface area contributed by atoms with Crippen LogP contribution in [0.1, 0.15) is 0 Å². The monoisotopic (exact) mass is 257 g/mol. The molecule has 0 radical (unpaired) electrons. The first-order chi connectivity index (χ1) is 7.70. The van der Waals surface area contributed by atoms with Crippen LogP contribution in [0.15, 0.2) is 28.5 Å². The van der Waals surface area contributed by atoms with Gasteiger partial charge in [-0.25, -0.2) is 8.42 Å². The Bertz CT molecular complexity index is 566. The first-order valence-corrected chi connectivity index (χ1v) is 6.71. The normalized spacial score (nSPS) is 11.1. The molecule has 16 heavy (non-hydrogen) atoms. The minimum absolute atomic E-state index is 0.376. The maximum atomic E-state index is 10.8. The average Bonchev–Trinajstić information content (AvgIpc) is 2.69. The number of ether oxygens (including phenoxy) is 1. The molecule has 4 nitrogen and oxygen atoms in total. The fourth-order valence-corrected chi connectivity index (χ4v) is 2.98. The summed E-state index contributed by atoms with van der Waals surface area (Å²) < 4.78 is 28.3. The predicted octanol–water partition coefficient (Wildman–Crippen LogP) is 1.21. The highest BCUT2D eigenvalue weighted by atomic mass is 32.2. The minimum Gasteiger partial charge on any atom is -0.492 e. The third-order valence-electron chi connectivity index (χ3n) is 2.04. The lowest BCUT2D eigenvalue weighted by atomic mass is 10.2. The van der Waals surface area contributed by atoms with Gasteiger partial charge < -0.3 is 10.5 Å². The van der Waals surface area contributed by atoms with Crippen molar-refractivity contribution in [1.82, 2.24) is 0 Å². The Kier molecular flexibility index (Phi) is 3.42. The molecule has 0 saturated carbocycles. The van der Waals surface area contributed by atoms with Gasteiger partial charge in [0.05, 0.1) is 0 Å². The smallest absolute Gasteiger partial charge is 0.177 e. The maximum Gasteiger partial charge on any atom is 0.177 e. The van der Waals surface area contributed by atoms with E-state index in [1.165, 1.54) is 11.3 Å². The molecule has 0 saturated heterocycles. The molecule has 0 unspecified atom stereocenters. The Morgan fingerprint density at radius 3 is 2.81 bits per heavy atom. The van der Waals surface area contributed by atoms with Crippen LogP contribution in [0.25, 0.3) is 10.1 Å². The Balaban J connectivity index is 2.37. The average molecular weight is 257 g/mol. The van der Waals surface area contributed by atoms with Crippen LogP contribution in [-0.4, -0.2) is 21.6 Å². The molecule has 1 aromatic heterocycles. The highest BCUT2D eigenvalue weighted by molar-refractivity contribution is 7.75. The fraction of sp³-hybridized carbons (Fsp3) is 0.200. The lowest BCUT2D eigenvalue weighted by Crippen LogP contribution is -2.10. The van der Waals surface area contributed by atoms with Crippen LogP contribution in [0.5, 0.6) is 5.75 Å². The van der Waals surface area contributed by atoms with Gasteiger partial charge in [-0.05, 0) is 29.7 Å². The maximum absolute atomic E-state index is 10.8. The highest BCUT2D eigenvalue weighted by Crippen LogP contribution is 2.29. The van der Waals surface area contributed by atoms with Gasteiger partial charge in [0.25, 0.3) is 0 Å². The standard InChI is InChI=1S/C10H11NO3S2/c11-3-4-14-8-1-2-9-7(5-8)6-10(15-9)16(12)13/h1-2,5-6,16H,3-4,11H2. The van der Waals surface area contributed by atoms with Crippen LogP contribution < -0.4 is 10.5 Å². The van der Waals surface area contributed by atoms with Crippen molar-refractivity contribution >= 4 is 32.1 Å². The number of thiol groups is 1. The number of hydrogen-bond donors (Lipinski definition) is 2. The number of rotatable bonds is 4. The van der Waals surface area contributed by atoms with Gasteiger partial charge in [-0.3, -0.25) is 0 Å². The van der Waals surface area contributed by atoms with E-state index < -0.39 is 10.7 Å². The van der Waals surface area contributed by atoms with Crippen molar-refractivity contribution in [1.29, 1.82) is 0 Å². The second-order valence-electron chi connectivity index (χ2n) is 3.18. The third-order valence-corrected chi connectivity index (χ3v) is 4.17. The van der Waals surface area contributed by atoms with Crippen molar-refractivity contribution in [3.63, 3.8) is 0 Å². The first-order valence-electron chi connectivity index (χ1n) is 4.71. The molecule has 0 atom stereocenters. The molecule has 0 aliphatic heterocycles. The SMILES string of the molecule is NCCOc1ccc2sc([SH](=O)=O)cc2c1. The quantitative estimate of drug-likeness (QED) is 0.808. The van der Waals surface area contributed by atoms with E-state index in [1.807, 2.05) is 18.2 Å². The van der Waals surface area contributed by atoms with Crippen molar-refractivity contribution in [3.8, 4) is 5.75 Å². The molecule has 2 rings (SSSR count). The number of nitrogens with two attached hydrogens (primary N) is 1. The highest BCUT2D eigenvalue weighted by Gasteiger charge is 2.04. The van der Waals surface area contributed by atoms with Gasteiger partial charge in [-0.2, -0.15) is 0 Å². The van der Waals surface area contributed by atoms with Crippen molar-refractivity contribution in [2.45, 2.75) is 4.21 Å². The van der Waals surface area contributed by atoms with Gasteiger partial charge in [-0.15, -0.1) is 11.3 Å². The van der Waals surface area contributed by atoms with Gasteiger partial charge in [0.15, 0.2) is 10.7 Å². The van der Waals surface area contributed by atoms with Crippen molar-refractivity contribution in [2.75, 3.05) is 13.2 Å². The molecule has 6 heteroatoms. The summed E-state index contributed by atoms with van der Waals surface area (Å²) in [5.41, 5.74) is 5.33. The number of thiophene rings is 1. The van der Waals surface area contributed by atoms with E-state index in [0.29, 0.717) is 23.1 Å². The summed E-state index contributed by atoms with van der Waals surface area (Å²) in [6, 6.07) is 7.15. The van der Waals surface area contributed by atoms with E-state index >= 15 is 0 Å². The van der Waals surface area contributed by atoms with E-state index in [9.17, 15) is 8.42 Å². The fourth-order valence-electron chi connectivity index (χ4n) is 1.36. The number of fused-ring (bicyclic) bond motifs is 1. The first kappa shape index (κ1) is 11.4. The number of hydrogen-bond acceptors (Lipinski definition) is 5. The minimum atomic E-state index is -2.51. The lowest BCUT2D eigenvalue weighted by Gasteiger charge is -2.03. The van der Waals surface area contributed by atoms with E-state index in [4.69, 9.17) is 10.5 Å². The van der Waals surface area contributed by atoms with Crippen LogP contribution in [-0.2, 0) is 10.7 Å². The molecule has 0 amide bonds. The van der Waals surface area contributed by atoms with Gasteiger partial charge in [0, 0.05) is 11.2 Å². The Labute approximate surface area is 98.6 Å². The van der Waals surface area contributed by atoms with Gasteiger partial charge in [0.2, 0.25) is 0 Å². The zero-order valence-corrected chi connectivity index (χ0v) is 10.1. The van der Waals surface area contributed by atoms with Gasteiger partial charge in [0.1, 0.15) is 16.6 Å². The van der Waals surface area contributed by atoms with E-state index in [-0.39, 0.29) is 0 Å². The topological polar surface area (TPSA) is 69.4 Å². The summed E-state index contributed by atoms with van der Waals surface area (Å²) >= 11 is 1.26. The Morgan fingerprint density at radius 1 is 1.31 bits per heavy atom. The summed E-state index contributed by atoms with van der Waals surface area (Å²) in [5.74, 6) is 0.712. The molecule has 86 valence electrons. The number of benzene rings is 1. The molecule has 0 bridgehead atoms. The van der Waals surface area contributed by atoms with E-state index in [0.717, 1.165) is 10.1 Å². The molecular formula is C10H11NO3S2. The zero-order chi connectivity index (χ0) is 11.5. The van der Waals surface area contributed by atoms with Crippen molar-refractivity contribution < 1.29 is 13.2 Å². The van der Waals surface area contributed by atoms with Crippen molar-refractivity contribution in [2.24, 2.45) is 5.73 Å². The predicted molar refractivity (Wildman–Crippen MR) is 65.0 cm³/mol. The summed E-state index contributed by atoms with van der Waals surface area (Å²) in [6.07, 6.45) is 0. The largest absolute Gasteiger partial charge is 0.492 e. The summed E-state index contributed by atoms with van der Waals surface area (Å²) in [5, 5.41) is 0.883. The van der Waals surface area contributed by atoms with E-state index in [1.54, 1.807) is 6.07 Å². The molecule has 0 fully saturated rings. The van der Waals surface area contributed by atoms with Gasteiger partial charge in [-0.1, -0.05) is 0 Å². The van der Waals surface area contributed by atoms with Crippen LogP contribution in [0, 0.1) is 0 Å². The van der Waals surface area contributed by atoms with Gasteiger partial charge >= 0.3 is 0 Å². The molecule has 1 aromatic carbocycles. The third kappa shape index (κ3) is 2.34. The summed E-state index contributed by atoms with van der Waals surface area (Å²) in [4.78, 5) is 0. The summed E-state index contributed by atoms with van der Waals surface area (Å²) in [7, 11) is -2.51. The Morgan fingerprint density at radius 2 is 2.12 bits per heavy atom. The molecule has 2 aromatic rings. The Hall–Kier alpha value is -1.11. The second-order valence-corrected chi connectivity index (χ2v) is 5.56. The van der Waals surface area contributed by atoms with Crippen LogP contribution >= 0.6 is 11.3 Å². The molecular weight excluding hydrogens is 246 g/mol. The van der Waals surface area contributed by atoms with E-state index in [2.05, 4.69) is 0 Å². The van der Waals surface area contributed by atoms with Crippen LogP contribution in [0.3, 0.4) is 0 Å².